The van der Waals surface area contributed by atoms with E-state index < -0.39 is 0 Å². The predicted octanol–water partition coefficient (Wildman–Crippen LogP) is 0.622. The van der Waals surface area contributed by atoms with Crippen molar-refractivity contribution in [3.05, 3.63) is 23.4 Å². The van der Waals surface area contributed by atoms with Gasteiger partial charge in [-0.25, -0.2) is 4.98 Å². The molecule has 0 fully saturated rings. The lowest BCUT2D eigenvalue weighted by atomic mass is 10.4. The summed E-state index contributed by atoms with van der Waals surface area (Å²) in [7, 11) is 3.43. The summed E-state index contributed by atoms with van der Waals surface area (Å²) in [5.74, 6) is 0.610. The Morgan fingerprint density at radius 2 is 2.18 bits per heavy atom. The van der Waals surface area contributed by atoms with Crippen LogP contribution in [-0.4, -0.2) is 54.7 Å². The number of carbonyl (C=O) groups excluding carboxylic acids is 1. The van der Waals surface area contributed by atoms with Crippen molar-refractivity contribution in [3.8, 4) is 0 Å². The molecule has 1 heterocycles. The van der Waals surface area contributed by atoms with Gasteiger partial charge in [-0.1, -0.05) is 11.6 Å². The number of aliphatic hydroxyl groups excluding tert-OH is 1. The molecule has 5 nitrogen and oxygen atoms in total. The molecule has 0 saturated heterocycles. The van der Waals surface area contributed by atoms with Gasteiger partial charge in [0.15, 0.2) is 0 Å². The molecular formula is C11H16ClN3O2. The lowest BCUT2D eigenvalue weighted by molar-refractivity contribution is -0.128. The molecular weight excluding hydrogens is 242 g/mol. The second-order valence-corrected chi connectivity index (χ2v) is 4.17. The number of hydrogen-bond donors (Lipinski definition) is 1. The van der Waals surface area contributed by atoms with Gasteiger partial charge in [0, 0.05) is 26.8 Å². The summed E-state index contributed by atoms with van der Waals surface area (Å²) < 4.78 is 0. The molecule has 1 rings (SSSR count). The molecule has 17 heavy (non-hydrogen) atoms. The van der Waals surface area contributed by atoms with Crippen LogP contribution in [0.1, 0.15) is 0 Å². The van der Waals surface area contributed by atoms with Crippen molar-refractivity contribution in [1.29, 1.82) is 0 Å². The Morgan fingerprint density at radius 1 is 1.47 bits per heavy atom. The van der Waals surface area contributed by atoms with Gasteiger partial charge in [0.2, 0.25) is 5.91 Å². The standard InChI is InChI=1S/C11H16ClN3O2/c1-14(5-6-16)11(17)8-15(2)10-4-3-9(12)7-13-10/h3-4,7,16H,5-6,8H2,1-2H3. The third kappa shape index (κ3) is 4.20. The number of hydrogen-bond acceptors (Lipinski definition) is 4. The second kappa shape index (κ2) is 6.42. The first-order valence-electron chi connectivity index (χ1n) is 5.22. The van der Waals surface area contributed by atoms with Crippen molar-refractivity contribution in [2.45, 2.75) is 0 Å². The summed E-state index contributed by atoms with van der Waals surface area (Å²) in [5, 5.41) is 9.29. The third-order valence-corrected chi connectivity index (χ3v) is 2.56. The molecule has 0 radical (unpaired) electrons. The molecule has 1 N–H and O–H groups in total. The monoisotopic (exact) mass is 257 g/mol. The van der Waals surface area contributed by atoms with E-state index in [-0.39, 0.29) is 19.1 Å². The van der Waals surface area contributed by atoms with Crippen LogP contribution in [0.5, 0.6) is 0 Å². The van der Waals surface area contributed by atoms with Gasteiger partial charge >= 0.3 is 0 Å². The van der Waals surface area contributed by atoms with E-state index in [2.05, 4.69) is 4.98 Å². The van der Waals surface area contributed by atoms with E-state index in [0.29, 0.717) is 17.4 Å². The van der Waals surface area contributed by atoms with E-state index >= 15 is 0 Å². The summed E-state index contributed by atoms with van der Waals surface area (Å²) in [6.07, 6.45) is 1.54. The van der Waals surface area contributed by atoms with Crippen LogP contribution in [0, 0.1) is 0 Å². The van der Waals surface area contributed by atoms with Crippen molar-refractivity contribution in [3.63, 3.8) is 0 Å². The van der Waals surface area contributed by atoms with Crippen LogP contribution in [0.15, 0.2) is 18.3 Å². The SMILES string of the molecule is CN(CCO)C(=O)CN(C)c1ccc(Cl)cn1. The number of rotatable bonds is 5. The van der Waals surface area contributed by atoms with Crippen LogP contribution in [0.25, 0.3) is 0 Å². The number of pyridine rings is 1. The number of likely N-dealkylation sites (N-methyl/N-ethyl adjacent to an activating group) is 2. The van der Waals surface area contributed by atoms with E-state index in [0.717, 1.165) is 0 Å². The van der Waals surface area contributed by atoms with Gasteiger partial charge in [-0.2, -0.15) is 0 Å². The molecule has 0 saturated carbocycles. The molecule has 0 bridgehead atoms. The molecule has 0 aliphatic heterocycles. The molecule has 6 heteroatoms. The molecule has 0 aliphatic rings. The summed E-state index contributed by atoms with van der Waals surface area (Å²) >= 11 is 5.73. The number of halogens is 1. The van der Waals surface area contributed by atoms with Crippen LogP contribution in [-0.2, 0) is 4.79 Å². The quantitative estimate of drug-likeness (QED) is 0.840. The van der Waals surface area contributed by atoms with E-state index in [1.54, 1.807) is 31.1 Å². The Kier molecular flexibility index (Phi) is 5.18. The fraction of sp³-hybridized carbons (Fsp3) is 0.455. The summed E-state index contributed by atoms with van der Waals surface area (Å²) in [4.78, 5) is 19.0. The van der Waals surface area contributed by atoms with Crippen LogP contribution >= 0.6 is 11.6 Å². The van der Waals surface area contributed by atoms with Gasteiger partial charge in [-0.15, -0.1) is 0 Å². The van der Waals surface area contributed by atoms with E-state index in [1.807, 2.05) is 0 Å². The van der Waals surface area contributed by atoms with Crippen molar-refractivity contribution in [2.24, 2.45) is 0 Å². The average Bonchev–Trinajstić information content (AvgIpc) is 2.30. The molecule has 0 aliphatic carbocycles. The molecule has 0 unspecified atom stereocenters. The van der Waals surface area contributed by atoms with Gasteiger partial charge < -0.3 is 14.9 Å². The maximum absolute atomic E-state index is 11.7. The van der Waals surface area contributed by atoms with Crippen molar-refractivity contribution in [1.82, 2.24) is 9.88 Å². The maximum Gasteiger partial charge on any atom is 0.241 e. The predicted molar refractivity (Wildman–Crippen MR) is 67.2 cm³/mol. The number of amides is 1. The first-order valence-corrected chi connectivity index (χ1v) is 5.60. The fourth-order valence-electron chi connectivity index (χ4n) is 1.27. The highest BCUT2D eigenvalue weighted by molar-refractivity contribution is 6.30. The third-order valence-electron chi connectivity index (χ3n) is 2.34. The second-order valence-electron chi connectivity index (χ2n) is 3.73. The minimum Gasteiger partial charge on any atom is -0.395 e. The van der Waals surface area contributed by atoms with Crippen molar-refractivity contribution < 1.29 is 9.90 Å². The number of nitrogens with zero attached hydrogens (tertiary/aromatic N) is 3. The van der Waals surface area contributed by atoms with Crippen LogP contribution in [0.4, 0.5) is 5.82 Å². The zero-order chi connectivity index (χ0) is 12.8. The van der Waals surface area contributed by atoms with Crippen LogP contribution < -0.4 is 4.90 Å². The highest BCUT2D eigenvalue weighted by atomic mass is 35.5. The summed E-state index contributed by atoms with van der Waals surface area (Å²) in [6, 6.07) is 3.48. The van der Waals surface area contributed by atoms with E-state index in [9.17, 15) is 4.79 Å². The Bertz CT molecular complexity index is 369. The van der Waals surface area contributed by atoms with Gasteiger partial charge in [-0.05, 0) is 12.1 Å². The summed E-state index contributed by atoms with van der Waals surface area (Å²) in [5.41, 5.74) is 0. The number of aliphatic hydroxyl groups is 1. The zero-order valence-corrected chi connectivity index (χ0v) is 10.7. The normalized spacial score (nSPS) is 10.1. The van der Waals surface area contributed by atoms with E-state index in [1.165, 1.54) is 11.1 Å². The number of carbonyl (C=O) groups is 1. The highest BCUT2D eigenvalue weighted by Gasteiger charge is 2.12. The minimum absolute atomic E-state index is 0.0366. The molecule has 94 valence electrons. The van der Waals surface area contributed by atoms with Crippen molar-refractivity contribution >= 4 is 23.3 Å². The molecule has 0 atom stereocenters. The zero-order valence-electron chi connectivity index (χ0n) is 9.93. The lowest BCUT2D eigenvalue weighted by Crippen LogP contribution is -2.38. The topological polar surface area (TPSA) is 56.7 Å². The Morgan fingerprint density at radius 3 is 2.71 bits per heavy atom. The van der Waals surface area contributed by atoms with Crippen molar-refractivity contribution in [2.75, 3.05) is 38.7 Å². The molecule has 1 aromatic rings. The van der Waals surface area contributed by atoms with Gasteiger partial charge in [-0.3, -0.25) is 4.79 Å². The first-order chi connectivity index (χ1) is 8.04. The molecule has 1 aromatic heterocycles. The van der Waals surface area contributed by atoms with Crippen LogP contribution in [0.2, 0.25) is 5.02 Å². The van der Waals surface area contributed by atoms with E-state index in [4.69, 9.17) is 16.7 Å². The minimum atomic E-state index is -0.0710. The number of anilines is 1. The lowest BCUT2D eigenvalue weighted by Gasteiger charge is -2.22. The maximum atomic E-state index is 11.7. The Hall–Kier alpha value is -1.33. The summed E-state index contributed by atoms with van der Waals surface area (Å²) in [6.45, 7) is 0.511. The Balaban J connectivity index is 2.57. The largest absolute Gasteiger partial charge is 0.395 e. The fourth-order valence-corrected chi connectivity index (χ4v) is 1.38. The smallest absolute Gasteiger partial charge is 0.241 e. The van der Waals surface area contributed by atoms with Gasteiger partial charge in [0.1, 0.15) is 5.82 Å². The van der Waals surface area contributed by atoms with Crippen LogP contribution in [0.3, 0.4) is 0 Å². The van der Waals surface area contributed by atoms with Gasteiger partial charge in [0.25, 0.3) is 0 Å². The molecule has 0 spiro atoms. The first kappa shape index (κ1) is 13.7. The Labute approximate surface area is 106 Å². The molecule has 1 amide bonds. The highest BCUT2D eigenvalue weighted by Crippen LogP contribution is 2.12. The molecule has 0 aromatic carbocycles. The average molecular weight is 258 g/mol. The van der Waals surface area contributed by atoms with Gasteiger partial charge in [0.05, 0.1) is 18.2 Å². The number of aromatic nitrogens is 1.